The average molecular weight is 155 g/mol. The maximum absolute atomic E-state index is 8.48. The minimum atomic E-state index is 0.269. The molecule has 0 fully saturated rings. The van der Waals surface area contributed by atoms with Crippen molar-refractivity contribution >= 4 is 20.4 Å². The van der Waals surface area contributed by atoms with Crippen molar-refractivity contribution < 1.29 is 5.11 Å². The lowest BCUT2D eigenvalue weighted by molar-refractivity contribution is 0.287. The standard InChI is InChI=1S/C4H9O.C4H9.Mg/c1-2-3-4-5;1-3-4-2;/h5H,1-4H2;1,3-4H2,2H3;. The van der Waals surface area contributed by atoms with Gasteiger partial charge in [-0.25, -0.2) is 0 Å². The van der Waals surface area contributed by atoms with Crippen LogP contribution in [0.5, 0.6) is 0 Å². The van der Waals surface area contributed by atoms with Crippen LogP contribution in [0.1, 0.15) is 32.6 Å². The smallest absolute Gasteiger partial charge is 0.364 e. The Morgan fingerprint density at radius 2 is 1.80 bits per heavy atom. The minimum Gasteiger partial charge on any atom is -0.396 e. The van der Waals surface area contributed by atoms with E-state index in [2.05, 4.69) is 6.92 Å². The molecule has 58 valence electrons. The van der Waals surface area contributed by atoms with Gasteiger partial charge in [0.25, 0.3) is 0 Å². The zero-order valence-corrected chi connectivity index (χ0v) is 8.52. The third-order valence-electron chi connectivity index (χ3n) is 1.76. The summed E-state index contributed by atoms with van der Waals surface area (Å²) >= 11 is 0.269. The first-order valence-corrected chi connectivity index (χ1v) is 6.52. The molecule has 0 aromatic rings. The molecule has 0 rings (SSSR count). The maximum Gasteiger partial charge on any atom is 0.364 e. The van der Waals surface area contributed by atoms with Crippen molar-refractivity contribution in [2.45, 2.75) is 41.7 Å². The number of unbranched alkanes of at least 4 members (excludes halogenated alkanes) is 2. The van der Waals surface area contributed by atoms with Gasteiger partial charge in [0, 0.05) is 6.61 Å². The van der Waals surface area contributed by atoms with E-state index >= 15 is 0 Å². The molecule has 0 saturated heterocycles. The normalized spacial score (nSPS) is 9.40. The second-order valence-electron chi connectivity index (χ2n) is 2.84. The molecule has 10 heavy (non-hydrogen) atoms. The molecular weight excluding hydrogens is 136 g/mol. The van der Waals surface area contributed by atoms with Crippen LogP contribution < -0.4 is 0 Å². The van der Waals surface area contributed by atoms with E-state index in [1.165, 1.54) is 28.4 Å². The number of hydrogen-bond donors (Lipinski definition) is 1. The van der Waals surface area contributed by atoms with Crippen LogP contribution in [0, 0.1) is 0 Å². The van der Waals surface area contributed by atoms with E-state index in [0.29, 0.717) is 6.61 Å². The van der Waals surface area contributed by atoms with Gasteiger partial charge >= 0.3 is 20.4 Å². The van der Waals surface area contributed by atoms with Crippen molar-refractivity contribution in [3.05, 3.63) is 0 Å². The Morgan fingerprint density at radius 3 is 2.40 bits per heavy atom. The Bertz CT molecular complexity index is 49.2. The second-order valence-corrected chi connectivity index (χ2v) is 4.97. The molecule has 0 unspecified atom stereocenters. The molecule has 0 spiro atoms. The average Bonchev–Trinajstić information content (AvgIpc) is 1.97. The molecule has 0 aromatic heterocycles. The van der Waals surface area contributed by atoms with Gasteiger partial charge in [-0.3, -0.25) is 0 Å². The van der Waals surface area contributed by atoms with Crippen LogP contribution in [0.15, 0.2) is 0 Å². The van der Waals surface area contributed by atoms with Crippen LogP contribution in [0.4, 0.5) is 0 Å². The summed E-state index contributed by atoms with van der Waals surface area (Å²) in [5.74, 6) is 0. The lowest BCUT2D eigenvalue weighted by Crippen LogP contribution is -1.90. The molecule has 0 bridgehead atoms. The summed E-state index contributed by atoms with van der Waals surface area (Å²) in [5.41, 5.74) is 0. The van der Waals surface area contributed by atoms with Crippen LogP contribution in [0.2, 0.25) is 9.10 Å². The van der Waals surface area contributed by atoms with Gasteiger partial charge in [-0.05, 0) is 6.42 Å². The lowest BCUT2D eigenvalue weighted by atomic mass is 10.4. The van der Waals surface area contributed by atoms with E-state index < -0.39 is 0 Å². The van der Waals surface area contributed by atoms with Gasteiger partial charge in [-0.2, -0.15) is 0 Å². The fourth-order valence-electron chi connectivity index (χ4n) is 1.07. The Balaban J connectivity index is 2.65. The zero-order chi connectivity index (χ0) is 7.66. The summed E-state index contributed by atoms with van der Waals surface area (Å²) in [6.45, 7) is 2.64. The second kappa shape index (κ2) is 9.73. The molecule has 0 amide bonds. The third kappa shape index (κ3) is 8.73. The van der Waals surface area contributed by atoms with E-state index in [1.807, 2.05) is 0 Å². The lowest BCUT2D eigenvalue weighted by Gasteiger charge is -1.95. The largest absolute Gasteiger partial charge is 0.396 e. The number of aliphatic hydroxyl groups is 1. The first-order chi connectivity index (χ1) is 4.91. The van der Waals surface area contributed by atoms with Crippen molar-refractivity contribution in [2.75, 3.05) is 6.61 Å². The fourth-order valence-corrected chi connectivity index (χ4v) is 2.98. The quantitative estimate of drug-likeness (QED) is 0.440. The number of aliphatic hydroxyl groups excluding tert-OH is 1. The van der Waals surface area contributed by atoms with E-state index in [9.17, 15) is 0 Å². The number of rotatable bonds is 7. The molecule has 2 heteroatoms. The van der Waals surface area contributed by atoms with Gasteiger partial charge < -0.3 is 5.11 Å². The predicted octanol–water partition coefficient (Wildman–Crippen LogP) is 2.10. The molecule has 0 radical (unpaired) electrons. The van der Waals surface area contributed by atoms with Crippen LogP contribution in [0.3, 0.4) is 0 Å². The molecular formula is C8H18MgO. The summed E-state index contributed by atoms with van der Waals surface area (Å²) in [4.78, 5) is 0. The highest BCUT2D eigenvalue weighted by Crippen LogP contribution is 2.00. The Labute approximate surface area is 73.9 Å². The van der Waals surface area contributed by atoms with Gasteiger partial charge in [0.05, 0.1) is 0 Å². The van der Waals surface area contributed by atoms with Crippen molar-refractivity contribution in [1.29, 1.82) is 0 Å². The van der Waals surface area contributed by atoms with Crippen molar-refractivity contribution in [3.8, 4) is 0 Å². The summed E-state index contributed by atoms with van der Waals surface area (Å²) < 4.78 is 2.96. The van der Waals surface area contributed by atoms with Crippen molar-refractivity contribution in [1.82, 2.24) is 0 Å². The summed E-state index contributed by atoms with van der Waals surface area (Å²) in [6.07, 6.45) is 5.09. The maximum atomic E-state index is 8.48. The Kier molecular flexibility index (Phi) is 10.4. The molecule has 0 atom stereocenters. The van der Waals surface area contributed by atoms with Gasteiger partial charge in [-0.1, -0.05) is 26.2 Å². The summed E-state index contributed by atoms with van der Waals surface area (Å²) in [5, 5.41) is 8.48. The van der Waals surface area contributed by atoms with Gasteiger partial charge in [0.2, 0.25) is 0 Å². The molecule has 0 saturated carbocycles. The van der Waals surface area contributed by atoms with Gasteiger partial charge in [-0.15, -0.1) is 9.10 Å². The molecule has 0 aliphatic heterocycles. The highest BCUT2D eigenvalue weighted by Gasteiger charge is 1.93. The first kappa shape index (κ1) is 10.7. The van der Waals surface area contributed by atoms with E-state index in [-0.39, 0.29) is 20.4 Å². The van der Waals surface area contributed by atoms with E-state index in [1.54, 1.807) is 0 Å². The first-order valence-electron chi connectivity index (χ1n) is 4.52. The highest BCUT2D eigenvalue weighted by molar-refractivity contribution is 6.35. The van der Waals surface area contributed by atoms with E-state index in [0.717, 1.165) is 6.42 Å². The highest BCUT2D eigenvalue weighted by atomic mass is 24.5. The molecule has 0 aliphatic rings. The Morgan fingerprint density at radius 1 is 1.10 bits per heavy atom. The van der Waals surface area contributed by atoms with E-state index in [4.69, 9.17) is 5.11 Å². The third-order valence-corrected chi connectivity index (χ3v) is 3.76. The number of hydrogen-bond acceptors (Lipinski definition) is 1. The summed E-state index contributed by atoms with van der Waals surface area (Å²) in [7, 11) is 0. The monoisotopic (exact) mass is 154 g/mol. The predicted molar refractivity (Wildman–Crippen MR) is 46.6 cm³/mol. The zero-order valence-electron chi connectivity index (χ0n) is 7.10. The fraction of sp³-hybridized carbons (Fsp3) is 1.00. The molecule has 0 aromatic carbocycles. The van der Waals surface area contributed by atoms with Gasteiger partial charge in [0.1, 0.15) is 0 Å². The SMILES string of the molecule is CCC[CH2][Mg][CH2]CCCO. The van der Waals surface area contributed by atoms with Crippen LogP contribution in [0.25, 0.3) is 0 Å². The van der Waals surface area contributed by atoms with Gasteiger partial charge in [0.15, 0.2) is 0 Å². The molecule has 0 heterocycles. The molecule has 1 N–H and O–H groups in total. The topological polar surface area (TPSA) is 20.2 Å². The van der Waals surface area contributed by atoms with Crippen LogP contribution in [-0.2, 0) is 0 Å². The minimum absolute atomic E-state index is 0.269. The van der Waals surface area contributed by atoms with Crippen LogP contribution >= 0.6 is 0 Å². The summed E-state index contributed by atoms with van der Waals surface area (Å²) in [6, 6.07) is 0. The Hall–Kier alpha value is 0.726. The molecule has 1 nitrogen and oxygen atoms in total. The molecule has 0 aliphatic carbocycles. The van der Waals surface area contributed by atoms with Crippen LogP contribution in [-0.4, -0.2) is 32.1 Å². The van der Waals surface area contributed by atoms with Crippen molar-refractivity contribution in [3.63, 3.8) is 0 Å². The van der Waals surface area contributed by atoms with Crippen molar-refractivity contribution in [2.24, 2.45) is 0 Å².